The van der Waals surface area contributed by atoms with Gasteiger partial charge in [0, 0.05) is 21.9 Å². The zero-order valence-electron chi connectivity index (χ0n) is 30.8. The van der Waals surface area contributed by atoms with E-state index in [9.17, 15) is 0 Å². The van der Waals surface area contributed by atoms with Crippen LogP contribution in [0.25, 0.3) is 82.2 Å². The molecular formula is C53H36N2O. The standard InChI is InChI=1S/C53H36N2O/c1-33-51(41-27-21-35-13-5-6-15-40(35)31-41)54-53(42-28-26-39-25-24-37-14-7-8-16-43(37)46(39)32-42)55-52(33)50-44(29-30-48-49(50)45-17-9-10-18-47(45)56-48)38-22-19-36(20-23-38)34-11-3-2-4-12-34/h2-32,51H,1H3,(H,54,55). The highest BCUT2D eigenvalue weighted by molar-refractivity contribution is 6.16. The predicted molar refractivity (Wildman–Crippen MR) is 235 cm³/mol. The van der Waals surface area contributed by atoms with Crippen LogP contribution in [-0.4, -0.2) is 5.84 Å². The van der Waals surface area contributed by atoms with E-state index in [2.05, 4.69) is 194 Å². The van der Waals surface area contributed by atoms with E-state index in [0.717, 1.165) is 61.3 Å². The molecule has 1 atom stereocenters. The number of aliphatic imine (C=N–C) groups is 1. The Hall–Kier alpha value is -7.23. The van der Waals surface area contributed by atoms with Crippen molar-refractivity contribution in [1.29, 1.82) is 0 Å². The number of benzene rings is 9. The molecule has 1 aliphatic rings. The van der Waals surface area contributed by atoms with E-state index in [1.54, 1.807) is 0 Å². The molecule has 3 nitrogen and oxygen atoms in total. The number of furan rings is 1. The lowest BCUT2D eigenvalue weighted by atomic mass is 9.87. The number of fused-ring (bicyclic) bond motifs is 7. The molecule has 1 aromatic heterocycles. The summed E-state index contributed by atoms with van der Waals surface area (Å²) in [5, 5.41) is 13.4. The van der Waals surface area contributed by atoms with E-state index in [4.69, 9.17) is 9.41 Å². The summed E-state index contributed by atoms with van der Waals surface area (Å²) < 4.78 is 6.56. The summed E-state index contributed by atoms with van der Waals surface area (Å²) in [6.45, 7) is 2.24. The highest BCUT2D eigenvalue weighted by Gasteiger charge is 2.29. The van der Waals surface area contributed by atoms with Gasteiger partial charge in [-0.05, 0) is 103 Å². The van der Waals surface area contributed by atoms with Crippen LogP contribution in [-0.2, 0) is 0 Å². The third-order valence-corrected chi connectivity index (χ3v) is 11.5. The molecule has 1 unspecified atom stereocenters. The maximum Gasteiger partial charge on any atom is 0.136 e. The molecule has 0 spiro atoms. The average Bonchev–Trinajstić information content (AvgIpc) is 3.65. The fourth-order valence-corrected chi connectivity index (χ4v) is 8.66. The lowest BCUT2D eigenvalue weighted by molar-refractivity contribution is 0.669. The number of hydrogen-bond acceptors (Lipinski definition) is 3. The molecule has 0 radical (unpaired) electrons. The lowest BCUT2D eigenvalue weighted by Crippen LogP contribution is -2.33. The third-order valence-electron chi connectivity index (χ3n) is 11.5. The monoisotopic (exact) mass is 716 g/mol. The summed E-state index contributed by atoms with van der Waals surface area (Å²) in [5.74, 6) is 0.841. The maximum atomic E-state index is 6.56. The molecule has 11 rings (SSSR count). The Kier molecular flexibility index (Phi) is 7.46. The second kappa shape index (κ2) is 13.0. The van der Waals surface area contributed by atoms with Crippen LogP contribution in [0.3, 0.4) is 0 Å². The number of rotatable bonds is 5. The van der Waals surface area contributed by atoms with Gasteiger partial charge in [-0.2, -0.15) is 0 Å². The first-order valence-electron chi connectivity index (χ1n) is 19.2. The highest BCUT2D eigenvalue weighted by atomic mass is 16.3. The van der Waals surface area contributed by atoms with Crippen LogP contribution in [0, 0.1) is 0 Å². The SMILES string of the molecule is CC1=C(c2c(-c3ccc(-c4ccccc4)cc3)ccc3oc4ccccc4c23)N=C(c2ccc3ccc4ccccc4c3c2)NC1c1ccc2ccccc2c1. The number of para-hydroxylation sites is 1. The van der Waals surface area contributed by atoms with Gasteiger partial charge in [0.05, 0.1) is 11.7 Å². The predicted octanol–water partition coefficient (Wildman–Crippen LogP) is 13.9. The van der Waals surface area contributed by atoms with Crippen molar-refractivity contribution in [1.82, 2.24) is 5.32 Å². The molecule has 0 bridgehead atoms. The maximum absolute atomic E-state index is 6.56. The number of hydrogen-bond donors (Lipinski definition) is 1. The Morgan fingerprint density at radius 1 is 0.464 bits per heavy atom. The molecule has 0 saturated heterocycles. The molecule has 2 heterocycles. The molecule has 1 N–H and O–H groups in total. The summed E-state index contributed by atoms with van der Waals surface area (Å²) in [7, 11) is 0. The number of nitrogens with zero attached hydrogens (tertiary/aromatic N) is 1. The average molecular weight is 717 g/mol. The van der Waals surface area contributed by atoms with Crippen LogP contribution in [0.4, 0.5) is 0 Å². The minimum Gasteiger partial charge on any atom is -0.456 e. The van der Waals surface area contributed by atoms with Crippen molar-refractivity contribution in [3.63, 3.8) is 0 Å². The van der Waals surface area contributed by atoms with Gasteiger partial charge in [-0.15, -0.1) is 0 Å². The van der Waals surface area contributed by atoms with E-state index < -0.39 is 0 Å². The van der Waals surface area contributed by atoms with Crippen LogP contribution in [0.5, 0.6) is 0 Å². The van der Waals surface area contributed by atoms with Gasteiger partial charge in [0.15, 0.2) is 0 Å². The van der Waals surface area contributed by atoms with Crippen molar-refractivity contribution in [2.45, 2.75) is 13.0 Å². The minimum atomic E-state index is -0.132. The molecule has 56 heavy (non-hydrogen) atoms. The smallest absolute Gasteiger partial charge is 0.136 e. The summed E-state index contributed by atoms with van der Waals surface area (Å²) in [5.41, 5.74) is 11.7. The second-order valence-corrected chi connectivity index (χ2v) is 14.8. The highest BCUT2D eigenvalue weighted by Crippen LogP contribution is 2.45. The van der Waals surface area contributed by atoms with E-state index in [0.29, 0.717) is 0 Å². The molecule has 0 aliphatic carbocycles. The Bertz CT molecular complexity index is 3220. The van der Waals surface area contributed by atoms with Crippen molar-refractivity contribution in [3.05, 3.63) is 210 Å². The second-order valence-electron chi connectivity index (χ2n) is 14.8. The molecule has 0 fully saturated rings. The van der Waals surface area contributed by atoms with E-state index in [1.165, 1.54) is 49.0 Å². The Morgan fingerprint density at radius 3 is 1.93 bits per heavy atom. The summed E-state index contributed by atoms with van der Waals surface area (Å²) in [6, 6.07) is 67.2. The van der Waals surface area contributed by atoms with Gasteiger partial charge in [0.1, 0.15) is 17.0 Å². The van der Waals surface area contributed by atoms with E-state index in [-0.39, 0.29) is 6.04 Å². The van der Waals surface area contributed by atoms with Gasteiger partial charge >= 0.3 is 0 Å². The Morgan fingerprint density at radius 2 is 1.09 bits per heavy atom. The first-order valence-corrected chi connectivity index (χ1v) is 19.2. The van der Waals surface area contributed by atoms with Gasteiger partial charge in [-0.25, -0.2) is 4.99 Å². The fourth-order valence-electron chi connectivity index (χ4n) is 8.66. The topological polar surface area (TPSA) is 37.5 Å². The van der Waals surface area contributed by atoms with Gasteiger partial charge in [-0.3, -0.25) is 0 Å². The fraction of sp³-hybridized carbons (Fsp3) is 0.0377. The molecule has 10 aromatic rings. The van der Waals surface area contributed by atoms with Gasteiger partial charge in [0.2, 0.25) is 0 Å². The Balaban J connectivity index is 1.18. The first kappa shape index (κ1) is 32.2. The summed E-state index contributed by atoms with van der Waals surface area (Å²) in [4.78, 5) is 5.66. The third kappa shape index (κ3) is 5.32. The van der Waals surface area contributed by atoms with Gasteiger partial charge in [-0.1, -0.05) is 158 Å². The minimum absolute atomic E-state index is 0.132. The van der Waals surface area contributed by atoms with Crippen molar-refractivity contribution in [2.75, 3.05) is 0 Å². The van der Waals surface area contributed by atoms with Crippen LogP contribution < -0.4 is 5.32 Å². The van der Waals surface area contributed by atoms with Crippen molar-refractivity contribution >= 4 is 65.8 Å². The Labute approximate surface area is 324 Å². The molecule has 3 heteroatoms. The normalized spacial score (nSPS) is 14.5. The summed E-state index contributed by atoms with van der Waals surface area (Å²) >= 11 is 0. The van der Waals surface area contributed by atoms with Crippen LogP contribution >= 0.6 is 0 Å². The van der Waals surface area contributed by atoms with Crippen molar-refractivity contribution in [3.8, 4) is 22.3 Å². The van der Waals surface area contributed by atoms with E-state index in [1.807, 2.05) is 6.07 Å². The van der Waals surface area contributed by atoms with Crippen LogP contribution in [0.15, 0.2) is 203 Å². The van der Waals surface area contributed by atoms with Crippen LogP contribution in [0.2, 0.25) is 0 Å². The zero-order valence-corrected chi connectivity index (χ0v) is 30.8. The van der Waals surface area contributed by atoms with E-state index >= 15 is 0 Å². The molecule has 0 amide bonds. The lowest BCUT2D eigenvalue weighted by Gasteiger charge is -2.30. The molecule has 9 aromatic carbocycles. The van der Waals surface area contributed by atoms with Crippen molar-refractivity contribution < 1.29 is 4.42 Å². The van der Waals surface area contributed by atoms with Crippen LogP contribution in [0.1, 0.15) is 29.7 Å². The molecule has 264 valence electrons. The van der Waals surface area contributed by atoms with Gasteiger partial charge < -0.3 is 9.73 Å². The zero-order chi connectivity index (χ0) is 37.2. The van der Waals surface area contributed by atoms with Gasteiger partial charge in [0.25, 0.3) is 0 Å². The van der Waals surface area contributed by atoms with Crippen molar-refractivity contribution in [2.24, 2.45) is 4.99 Å². The number of amidine groups is 1. The molecule has 0 saturated carbocycles. The molecular weight excluding hydrogens is 681 g/mol. The molecule has 1 aliphatic heterocycles. The first-order chi connectivity index (χ1) is 27.7. The summed E-state index contributed by atoms with van der Waals surface area (Å²) in [6.07, 6.45) is 0. The quantitative estimate of drug-likeness (QED) is 0.180. The largest absolute Gasteiger partial charge is 0.456 e. The number of nitrogens with one attached hydrogen (secondary N) is 1.